The Labute approximate surface area is 112 Å². The van der Waals surface area contributed by atoms with Crippen molar-refractivity contribution in [3.8, 4) is 0 Å². The molecule has 1 aromatic rings. The van der Waals surface area contributed by atoms with Gasteiger partial charge in [0.05, 0.1) is 24.8 Å². The first kappa shape index (κ1) is 13.6. The number of aromatic nitrogens is 1. The molecule has 0 amide bonds. The monoisotopic (exact) mass is 264 g/mol. The smallest absolute Gasteiger partial charge is 0.174 e. The fraction of sp³-hybridized carbons (Fsp3) is 0.538. The van der Waals surface area contributed by atoms with Gasteiger partial charge in [0.15, 0.2) is 5.84 Å². The van der Waals surface area contributed by atoms with Crippen molar-refractivity contribution in [2.24, 2.45) is 10.9 Å². The second-order valence-electron chi connectivity index (χ2n) is 4.88. The molecule has 0 aliphatic carbocycles. The zero-order chi connectivity index (χ0) is 14.0. The van der Waals surface area contributed by atoms with Gasteiger partial charge in [0.1, 0.15) is 5.82 Å². The molecule has 1 aliphatic heterocycles. The third kappa shape index (κ3) is 2.63. The van der Waals surface area contributed by atoms with Gasteiger partial charge in [0.2, 0.25) is 0 Å². The van der Waals surface area contributed by atoms with Gasteiger partial charge in [-0.15, -0.1) is 0 Å². The van der Waals surface area contributed by atoms with Gasteiger partial charge >= 0.3 is 0 Å². The van der Waals surface area contributed by atoms with Gasteiger partial charge in [0, 0.05) is 12.2 Å². The predicted octanol–water partition coefficient (Wildman–Crippen LogP) is 1.02. The second kappa shape index (κ2) is 5.44. The van der Waals surface area contributed by atoms with Crippen LogP contribution >= 0.6 is 0 Å². The van der Waals surface area contributed by atoms with Crippen molar-refractivity contribution in [1.29, 1.82) is 0 Å². The van der Waals surface area contributed by atoms with Crippen LogP contribution in [-0.4, -0.2) is 41.8 Å². The molecule has 0 spiro atoms. The molecule has 3 N–H and O–H groups in total. The molecule has 6 heteroatoms. The lowest BCUT2D eigenvalue weighted by molar-refractivity contribution is 0.0985. The van der Waals surface area contributed by atoms with Gasteiger partial charge in [0.25, 0.3) is 0 Å². The Bertz CT molecular complexity index is 502. The second-order valence-corrected chi connectivity index (χ2v) is 4.88. The number of oxime groups is 1. The maximum atomic E-state index is 8.96. The average molecular weight is 264 g/mol. The van der Waals surface area contributed by atoms with Crippen LogP contribution in [0.2, 0.25) is 0 Å². The maximum absolute atomic E-state index is 8.96. The molecule has 19 heavy (non-hydrogen) atoms. The highest BCUT2D eigenvalue weighted by Crippen LogP contribution is 2.25. The molecule has 1 unspecified atom stereocenters. The standard InChI is InChI=1S/C13H20N4O2/c1-8-6-9(2)15-13(11(8)12(14)16-18)17-4-5-19-7-10(17)3/h6,10,18H,4-5,7H2,1-3H3,(H2,14,16). The lowest BCUT2D eigenvalue weighted by Gasteiger charge is -2.35. The van der Waals surface area contributed by atoms with E-state index in [-0.39, 0.29) is 11.9 Å². The van der Waals surface area contributed by atoms with Crippen LogP contribution in [0.3, 0.4) is 0 Å². The number of amidine groups is 1. The van der Waals surface area contributed by atoms with Gasteiger partial charge in [-0.1, -0.05) is 5.16 Å². The van der Waals surface area contributed by atoms with Crippen LogP contribution in [0.5, 0.6) is 0 Å². The lowest BCUT2D eigenvalue weighted by atomic mass is 10.1. The summed E-state index contributed by atoms with van der Waals surface area (Å²) in [5.41, 5.74) is 8.37. The van der Waals surface area contributed by atoms with Crippen LogP contribution in [-0.2, 0) is 4.74 Å². The largest absolute Gasteiger partial charge is 0.409 e. The zero-order valence-electron chi connectivity index (χ0n) is 11.6. The van der Waals surface area contributed by atoms with E-state index in [2.05, 4.69) is 22.0 Å². The summed E-state index contributed by atoms with van der Waals surface area (Å²) in [6.07, 6.45) is 0. The Morgan fingerprint density at radius 3 is 2.95 bits per heavy atom. The van der Waals surface area contributed by atoms with Crippen molar-refractivity contribution in [2.75, 3.05) is 24.7 Å². The Morgan fingerprint density at radius 1 is 1.58 bits per heavy atom. The molecule has 1 atom stereocenters. The van der Waals surface area contributed by atoms with Crippen LogP contribution < -0.4 is 10.6 Å². The Hall–Kier alpha value is -1.82. The van der Waals surface area contributed by atoms with Crippen LogP contribution in [0.25, 0.3) is 0 Å². The van der Waals surface area contributed by atoms with Crippen LogP contribution in [0.4, 0.5) is 5.82 Å². The Kier molecular flexibility index (Phi) is 3.90. The first-order chi connectivity index (χ1) is 9.04. The predicted molar refractivity (Wildman–Crippen MR) is 73.8 cm³/mol. The summed E-state index contributed by atoms with van der Waals surface area (Å²) in [6.45, 7) is 8.03. The van der Waals surface area contributed by atoms with Gasteiger partial charge in [-0.2, -0.15) is 0 Å². The molecule has 2 heterocycles. The van der Waals surface area contributed by atoms with Gasteiger partial charge in [-0.25, -0.2) is 4.98 Å². The molecule has 1 fully saturated rings. The van der Waals surface area contributed by atoms with Gasteiger partial charge < -0.3 is 20.6 Å². The molecule has 2 rings (SSSR count). The molecule has 1 aliphatic rings. The van der Waals surface area contributed by atoms with Crippen molar-refractivity contribution >= 4 is 11.7 Å². The maximum Gasteiger partial charge on any atom is 0.174 e. The fourth-order valence-electron chi connectivity index (χ4n) is 2.43. The van der Waals surface area contributed by atoms with E-state index in [4.69, 9.17) is 15.7 Å². The molecule has 6 nitrogen and oxygen atoms in total. The highest BCUT2D eigenvalue weighted by molar-refractivity contribution is 6.02. The number of nitrogens with zero attached hydrogens (tertiary/aromatic N) is 3. The highest BCUT2D eigenvalue weighted by atomic mass is 16.5. The van der Waals surface area contributed by atoms with E-state index < -0.39 is 0 Å². The van der Waals surface area contributed by atoms with E-state index in [9.17, 15) is 0 Å². The third-order valence-corrected chi connectivity index (χ3v) is 3.33. The third-order valence-electron chi connectivity index (χ3n) is 3.33. The number of pyridine rings is 1. The summed E-state index contributed by atoms with van der Waals surface area (Å²) in [5.74, 6) is 0.863. The summed E-state index contributed by atoms with van der Waals surface area (Å²) < 4.78 is 5.44. The van der Waals surface area contributed by atoms with Crippen molar-refractivity contribution in [3.05, 3.63) is 22.9 Å². The van der Waals surface area contributed by atoms with Crippen LogP contribution in [0.15, 0.2) is 11.2 Å². The fourth-order valence-corrected chi connectivity index (χ4v) is 2.43. The molecule has 0 bridgehead atoms. The molecule has 0 radical (unpaired) electrons. The average Bonchev–Trinajstić information content (AvgIpc) is 2.37. The van der Waals surface area contributed by atoms with E-state index in [1.165, 1.54) is 0 Å². The summed E-state index contributed by atoms with van der Waals surface area (Å²) in [7, 11) is 0. The van der Waals surface area contributed by atoms with Crippen molar-refractivity contribution < 1.29 is 9.94 Å². The summed E-state index contributed by atoms with van der Waals surface area (Å²) in [4.78, 5) is 6.73. The number of aryl methyl sites for hydroxylation is 2. The minimum absolute atomic E-state index is 0.0960. The van der Waals surface area contributed by atoms with E-state index >= 15 is 0 Å². The zero-order valence-corrected chi connectivity index (χ0v) is 11.6. The topological polar surface area (TPSA) is 84.0 Å². The van der Waals surface area contributed by atoms with Gasteiger partial charge in [-0.05, 0) is 32.4 Å². The van der Waals surface area contributed by atoms with E-state index in [1.54, 1.807) is 0 Å². The molecule has 1 saturated heterocycles. The summed E-state index contributed by atoms with van der Waals surface area (Å²) >= 11 is 0. The summed E-state index contributed by atoms with van der Waals surface area (Å²) in [5, 5.41) is 12.1. The van der Waals surface area contributed by atoms with E-state index in [0.29, 0.717) is 18.8 Å². The van der Waals surface area contributed by atoms with Crippen LogP contribution in [0.1, 0.15) is 23.7 Å². The number of hydrogen-bond donors (Lipinski definition) is 2. The van der Waals surface area contributed by atoms with E-state index in [1.807, 2.05) is 19.9 Å². The number of anilines is 1. The molecule has 104 valence electrons. The lowest BCUT2D eigenvalue weighted by Crippen LogP contribution is -2.45. The molecule has 1 aromatic heterocycles. The van der Waals surface area contributed by atoms with Crippen LogP contribution in [0, 0.1) is 13.8 Å². The van der Waals surface area contributed by atoms with E-state index in [0.717, 1.165) is 23.6 Å². The molecule has 0 aromatic carbocycles. The minimum Gasteiger partial charge on any atom is -0.409 e. The number of hydrogen-bond acceptors (Lipinski definition) is 5. The summed E-state index contributed by atoms with van der Waals surface area (Å²) in [6, 6.07) is 2.15. The number of morpholine rings is 1. The first-order valence-electron chi connectivity index (χ1n) is 6.35. The SMILES string of the molecule is Cc1cc(C)c(/C(N)=N/O)c(N2CCOCC2C)n1. The first-order valence-corrected chi connectivity index (χ1v) is 6.35. The Balaban J connectivity index is 2.54. The minimum atomic E-state index is 0.0960. The van der Waals surface area contributed by atoms with Crippen molar-refractivity contribution in [3.63, 3.8) is 0 Å². The normalized spacial score (nSPS) is 20.7. The quantitative estimate of drug-likeness (QED) is 0.360. The van der Waals surface area contributed by atoms with Crippen molar-refractivity contribution in [2.45, 2.75) is 26.8 Å². The van der Waals surface area contributed by atoms with Crippen molar-refractivity contribution in [1.82, 2.24) is 4.98 Å². The molecule has 0 saturated carbocycles. The molecular formula is C13H20N4O2. The number of ether oxygens (including phenoxy) is 1. The molecular weight excluding hydrogens is 244 g/mol. The van der Waals surface area contributed by atoms with Gasteiger partial charge in [-0.3, -0.25) is 0 Å². The number of nitrogens with two attached hydrogens (primary N) is 1. The highest BCUT2D eigenvalue weighted by Gasteiger charge is 2.25. The Morgan fingerprint density at radius 2 is 2.32 bits per heavy atom. The number of rotatable bonds is 2.